The summed E-state index contributed by atoms with van der Waals surface area (Å²) >= 11 is 0. The number of aromatic amines is 1. The second-order valence-corrected chi connectivity index (χ2v) is 4.76. The van der Waals surface area contributed by atoms with Crippen LogP contribution in [0.1, 0.15) is 11.3 Å². The largest absolute Gasteiger partial charge is 0.396 e. The van der Waals surface area contributed by atoms with Crippen molar-refractivity contribution in [1.29, 1.82) is 0 Å². The number of halogens is 2. The maximum atomic E-state index is 14.5. The van der Waals surface area contributed by atoms with E-state index in [4.69, 9.17) is 5.73 Å². The second kappa shape index (κ2) is 4.70. The van der Waals surface area contributed by atoms with Crippen LogP contribution in [0.25, 0.3) is 28.2 Å². The van der Waals surface area contributed by atoms with Crippen LogP contribution in [-0.4, -0.2) is 9.97 Å². The summed E-state index contributed by atoms with van der Waals surface area (Å²) in [4.78, 5) is 6.94. The Bertz CT molecular complexity index is 866. The summed E-state index contributed by atoms with van der Waals surface area (Å²) in [5.74, 6) is -1.28. The molecule has 0 saturated carbocycles. The first-order valence-electron chi connectivity index (χ1n) is 6.38. The molecule has 2 heterocycles. The van der Waals surface area contributed by atoms with E-state index in [0.717, 1.165) is 0 Å². The molecular weight excluding hydrogens is 272 g/mol. The number of aryl methyl sites for hydroxylation is 1. The highest BCUT2D eigenvalue weighted by molar-refractivity contribution is 5.86. The lowest BCUT2D eigenvalue weighted by molar-refractivity contribution is 0.617. The van der Waals surface area contributed by atoms with E-state index < -0.39 is 11.6 Å². The summed E-state index contributed by atoms with van der Waals surface area (Å²) in [6.45, 7) is 5.26. The lowest BCUT2D eigenvalue weighted by Gasteiger charge is -2.11. The van der Waals surface area contributed by atoms with Crippen molar-refractivity contribution in [3.63, 3.8) is 0 Å². The summed E-state index contributed by atoms with van der Waals surface area (Å²) < 4.78 is 28.9. The Morgan fingerprint density at radius 1 is 1.24 bits per heavy atom. The van der Waals surface area contributed by atoms with E-state index in [9.17, 15) is 8.78 Å². The van der Waals surface area contributed by atoms with Crippen LogP contribution in [0.2, 0.25) is 0 Å². The molecule has 0 fully saturated rings. The highest BCUT2D eigenvalue weighted by Crippen LogP contribution is 2.33. The molecule has 3 aromatic rings. The zero-order valence-electron chi connectivity index (χ0n) is 11.4. The lowest BCUT2D eigenvalue weighted by Crippen LogP contribution is -2.04. The molecule has 0 bridgehead atoms. The van der Waals surface area contributed by atoms with Gasteiger partial charge in [-0.15, -0.1) is 0 Å². The molecule has 1 aromatic carbocycles. The van der Waals surface area contributed by atoms with E-state index in [1.165, 1.54) is 12.1 Å². The topological polar surface area (TPSA) is 54.7 Å². The number of H-pyrrole nitrogens is 1. The molecular formula is C16H13F2N3. The Morgan fingerprint density at radius 2 is 2.00 bits per heavy atom. The minimum absolute atomic E-state index is 0.0708. The summed E-state index contributed by atoms with van der Waals surface area (Å²) in [7, 11) is 0. The molecule has 5 heteroatoms. The highest BCUT2D eigenvalue weighted by atomic mass is 19.1. The summed E-state index contributed by atoms with van der Waals surface area (Å²) in [5.41, 5.74) is 6.92. The average Bonchev–Trinajstić information content (AvgIpc) is 2.94. The molecule has 3 rings (SSSR count). The van der Waals surface area contributed by atoms with Gasteiger partial charge < -0.3 is 10.7 Å². The molecule has 0 aliphatic heterocycles. The van der Waals surface area contributed by atoms with E-state index in [1.807, 2.05) is 0 Å². The van der Waals surface area contributed by atoms with Crippen LogP contribution in [-0.2, 0) is 0 Å². The van der Waals surface area contributed by atoms with Gasteiger partial charge in [0, 0.05) is 28.4 Å². The number of benzene rings is 1. The Morgan fingerprint density at radius 3 is 2.71 bits per heavy atom. The maximum Gasteiger partial charge on any atom is 0.173 e. The fourth-order valence-corrected chi connectivity index (χ4v) is 2.43. The van der Waals surface area contributed by atoms with Gasteiger partial charge in [0.15, 0.2) is 11.6 Å². The van der Waals surface area contributed by atoms with Gasteiger partial charge in [0.2, 0.25) is 0 Å². The van der Waals surface area contributed by atoms with Crippen LogP contribution < -0.4 is 5.73 Å². The van der Waals surface area contributed by atoms with Crippen LogP contribution in [0, 0.1) is 18.6 Å². The first-order valence-corrected chi connectivity index (χ1v) is 6.38. The fourth-order valence-electron chi connectivity index (χ4n) is 2.43. The summed E-state index contributed by atoms with van der Waals surface area (Å²) in [6.07, 6.45) is 3.07. The molecule has 106 valence electrons. The van der Waals surface area contributed by atoms with E-state index >= 15 is 0 Å². The number of hydrogen-bond acceptors (Lipinski definition) is 2. The zero-order chi connectivity index (χ0) is 15.1. The molecule has 0 unspecified atom stereocenters. The molecule has 0 radical (unpaired) electrons. The quantitative estimate of drug-likeness (QED) is 0.746. The Hall–Kier alpha value is -2.69. The fraction of sp³-hybridized carbons (Fsp3) is 0.0625. The first kappa shape index (κ1) is 13.3. The Labute approximate surface area is 120 Å². The van der Waals surface area contributed by atoms with E-state index in [0.29, 0.717) is 22.2 Å². The SMILES string of the molecule is C=Cc1c(C)nc(-c2ccc3cc[nH]c3c2F)c(F)c1N. The van der Waals surface area contributed by atoms with Crippen molar-refractivity contribution in [2.75, 3.05) is 5.73 Å². The summed E-state index contributed by atoms with van der Waals surface area (Å²) in [5, 5.41) is 0.712. The molecule has 21 heavy (non-hydrogen) atoms. The molecule has 0 saturated heterocycles. The van der Waals surface area contributed by atoms with Gasteiger partial charge >= 0.3 is 0 Å². The van der Waals surface area contributed by atoms with Gasteiger partial charge in [0.1, 0.15) is 5.69 Å². The van der Waals surface area contributed by atoms with E-state index in [-0.39, 0.29) is 16.9 Å². The van der Waals surface area contributed by atoms with Crippen molar-refractivity contribution in [2.24, 2.45) is 0 Å². The van der Waals surface area contributed by atoms with Crippen LogP contribution in [0.15, 0.2) is 31.0 Å². The highest BCUT2D eigenvalue weighted by Gasteiger charge is 2.19. The van der Waals surface area contributed by atoms with Crippen LogP contribution >= 0.6 is 0 Å². The number of nitrogen functional groups attached to an aromatic ring is 1. The number of anilines is 1. The maximum absolute atomic E-state index is 14.5. The third-order valence-electron chi connectivity index (χ3n) is 3.53. The first-order chi connectivity index (χ1) is 10.0. The van der Waals surface area contributed by atoms with Gasteiger partial charge in [-0.3, -0.25) is 0 Å². The van der Waals surface area contributed by atoms with Gasteiger partial charge in [-0.1, -0.05) is 18.7 Å². The Kier molecular flexibility index (Phi) is 2.97. The standard InChI is InChI=1S/C16H13F2N3/c1-3-10-8(2)21-16(13(18)14(10)19)11-5-4-9-6-7-20-15(9)12(11)17/h3-7,20H,1H2,2H3,(H2,19,21). The van der Waals surface area contributed by atoms with Crippen molar-refractivity contribution in [1.82, 2.24) is 9.97 Å². The number of aromatic nitrogens is 2. The van der Waals surface area contributed by atoms with Gasteiger partial charge in [-0.2, -0.15) is 0 Å². The third-order valence-corrected chi connectivity index (χ3v) is 3.53. The molecule has 0 aliphatic carbocycles. The summed E-state index contributed by atoms with van der Waals surface area (Å²) in [6, 6.07) is 4.95. The third kappa shape index (κ3) is 1.89. The average molecular weight is 285 g/mol. The van der Waals surface area contributed by atoms with Crippen molar-refractivity contribution in [3.05, 3.63) is 53.9 Å². The lowest BCUT2D eigenvalue weighted by atomic mass is 10.0. The predicted molar refractivity (Wildman–Crippen MR) is 80.7 cm³/mol. The number of pyridine rings is 1. The van der Waals surface area contributed by atoms with Gasteiger partial charge in [0.25, 0.3) is 0 Å². The Balaban J connectivity index is 2.33. The smallest absolute Gasteiger partial charge is 0.173 e. The number of hydrogen-bond donors (Lipinski definition) is 2. The van der Waals surface area contributed by atoms with Crippen LogP contribution in [0.4, 0.5) is 14.5 Å². The van der Waals surface area contributed by atoms with Crippen molar-refractivity contribution >= 4 is 22.7 Å². The normalized spacial score (nSPS) is 11.0. The van der Waals surface area contributed by atoms with Crippen molar-refractivity contribution in [2.45, 2.75) is 6.92 Å². The second-order valence-electron chi connectivity index (χ2n) is 4.76. The molecule has 0 aliphatic rings. The predicted octanol–water partition coefficient (Wildman–Crippen LogP) is 4.04. The monoisotopic (exact) mass is 285 g/mol. The number of nitrogens with one attached hydrogen (secondary N) is 1. The molecule has 0 atom stereocenters. The van der Waals surface area contributed by atoms with E-state index in [1.54, 1.807) is 25.3 Å². The molecule has 0 spiro atoms. The molecule has 0 amide bonds. The van der Waals surface area contributed by atoms with Crippen LogP contribution in [0.3, 0.4) is 0 Å². The molecule has 2 aromatic heterocycles. The number of nitrogens with zero attached hydrogens (tertiary/aromatic N) is 1. The molecule has 3 nitrogen and oxygen atoms in total. The van der Waals surface area contributed by atoms with Crippen molar-refractivity contribution in [3.8, 4) is 11.3 Å². The number of nitrogens with two attached hydrogens (primary N) is 1. The van der Waals surface area contributed by atoms with Gasteiger partial charge in [-0.05, 0) is 19.1 Å². The molecule has 3 N–H and O–H groups in total. The number of rotatable bonds is 2. The minimum atomic E-state index is -0.736. The van der Waals surface area contributed by atoms with Crippen molar-refractivity contribution < 1.29 is 8.78 Å². The zero-order valence-corrected chi connectivity index (χ0v) is 11.4. The minimum Gasteiger partial charge on any atom is -0.396 e. The van der Waals surface area contributed by atoms with Gasteiger partial charge in [-0.25, -0.2) is 13.8 Å². The van der Waals surface area contributed by atoms with Gasteiger partial charge in [0.05, 0.1) is 11.2 Å². The van der Waals surface area contributed by atoms with Crippen LogP contribution in [0.5, 0.6) is 0 Å². The van der Waals surface area contributed by atoms with E-state index in [2.05, 4.69) is 16.5 Å². The number of fused-ring (bicyclic) bond motifs is 1.